The number of rotatable bonds is 6. The van der Waals surface area contributed by atoms with Crippen LogP contribution in [0.2, 0.25) is 5.02 Å². The molecule has 3 rings (SSSR count). The molecule has 1 unspecified atom stereocenters. The van der Waals surface area contributed by atoms with Gasteiger partial charge in [0.2, 0.25) is 21.8 Å². The highest BCUT2D eigenvalue weighted by atomic mass is 35.5. The Kier molecular flexibility index (Phi) is 6.26. The van der Waals surface area contributed by atoms with E-state index in [9.17, 15) is 18.0 Å². The number of carbonyl (C=O) groups is 2. The lowest BCUT2D eigenvalue weighted by Gasteiger charge is -2.18. The van der Waals surface area contributed by atoms with Gasteiger partial charge >= 0.3 is 0 Å². The molecular weight excluding hydrogens is 414 g/mol. The molecule has 9 heteroatoms. The summed E-state index contributed by atoms with van der Waals surface area (Å²) >= 11 is 5.88. The molecule has 0 aliphatic carbocycles. The van der Waals surface area contributed by atoms with Crippen molar-refractivity contribution >= 4 is 39.1 Å². The fourth-order valence-corrected chi connectivity index (χ4v) is 4.42. The summed E-state index contributed by atoms with van der Waals surface area (Å²) in [5.41, 5.74) is 1.19. The SMILES string of the molecule is CN(C)S(=O)(=O)c1ccccc1CNC(=O)C1CC(=O)N(c2ccc(Cl)cc2)C1. The highest BCUT2D eigenvalue weighted by molar-refractivity contribution is 7.89. The van der Waals surface area contributed by atoms with Gasteiger partial charge in [-0.25, -0.2) is 12.7 Å². The molecule has 0 spiro atoms. The molecule has 7 nitrogen and oxygen atoms in total. The van der Waals surface area contributed by atoms with Crippen molar-refractivity contribution in [2.45, 2.75) is 17.9 Å². The first-order chi connectivity index (χ1) is 13.7. The van der Waals surface area contributed by atoms with E-state index in [1.807, 2.05) is 0 Å². The fraction of sp³-hybridized carbons (Fsp3) is 0.300. The van der Waals surface area contributed by atoms with Crippen LogP contribution in [0.1, 0.15) is 12.0 Å². The summed E-state index contributed by atoms with van der Waals surface area (Å²) in [4.78, 5) is 26.7. The number of nitrogens with zero attached hydrogens (tertiary/aromatic N) is 2. The molecule has 1 atom stereocenters. The summed E-state index contributed by atoms with van der Waals surface area (Å²) in [5.74, 6) is -0.925. The summed E-state index contributed by atoms with van der Waals surface area (Å²) in [7, 11) is -0.706. The molecule has 0 bridgehead atoms. The molecule has 0 radical (unpaired) electrons. The van der Waals surface area contributed by atoms with Gasteiger partial charge in [-0.1, -0.05) is 29.8 Å². The van der Waals surface area contributed by atoms with Crippen LogP contribution in [0.3, 0.4) is 0 Å². The maximum Gasteiger partial charge on any atom is 0.242 e. The monoisotopic (exact) mass is 435 g/mol. The number of benzene rings is 2. The number of carbonyl (C=O) groups excluding carboxylic acids is 2. The Labute approximate surface area is 175 Å². The summed E-state index contributed by atoms with van der Waals surface area (Å²) in [6, 6.07) is 13.4. The molecule has 1 saturated heterocycles. The second-order valence-electron chi connectivity index (χ2n) is 6.99. The number of hydrogen-bond acceptors (Lipinski definition) is 4. The highest BCUT2D eigenvalue weighted by Gasteiger charge is 2.35. The van der Waals surface area contributed by atoms with Crippen LogP contribution in [0.5, 0.6) is 0 Å². The van der Waals surface area contributed by atoms with E-state index in [1.54, 1.807) is 47.4 Å². The van der Waals surface area contributed by atoms with Gasteiger partial charge in [-0.3, -0.25) is 9.59 Å². The van der Waals surface area contributed by atoms with Crippen molar-refractivity contribution in [3.63, 3.8) is 0 Å². The lowest BCUT2D eigenvalue weighted by atomic mass is 10.1. The topological polar surface area (TPSA) is 86.8 Å². The zero-order chi connectivity index (χ0) is 21.2. The predicted octanol–water partition coefficient (Wildman–Crippen LogP) is 2.26. The van der Waals surface area contributed by atoms with Crippen LogP contribution in [0.25, 0.3) is 0 Å². The molecule has 1 fully saturated rings. The smallest absolute Gasteiger partial charge is 0.242 e. The summed E-state index contributed by atoms with van der Waals surface area (Å²) in [6.45, 7) is 0.331. The zero-order valence-electron chi connectivity index (χ0n) is 16.1. The Balaban J connectivity index is 1.68. The Hall–Kier alpha value is -2.42. The third-order valence-corrected chi connectivity index (χ3v) is 6.99. The third-order valence-electron chi connectivity index (χ3n) is 4.82. The van der Waals surface area contributed by atoms with Gasteiger partial charge in [0.15, 0.2) is 0 Å². The van der Waals surface area contributed by atoms with Crippen molar-refractivity contribution in [2.75, 3.05) is 25.5 Å². The zero-order valence-corrected chi connectivity index (χ0v) is 17.7. The van der Waals surface area contributed by atoms with Gasteiger partial charge in [-0.2, -0.15) is 0 Å². The Morgan fingerprint density at radius 1 is 1.17 bits per heavy atom. The molecule has 2 aromatic carbocycles. The van der Waals surface area contributed by atoms with E-state index < -0.39 is 15.9 Å². The van der Waals surface area contributed by atoms with Crippen LogP contribution in [0.15, 0.2) is 53.4 Å². The average Bonchev–Trinajstić information content (AvgIpc) is 3.08. The molecular formula is C20H22ClN3O4S. The number of hydrogen-bond donors (Lipinski definition) is 1. The van der Waals surface area contributed by atoms with Crippen molar-refractivity contribution in [1.29, 1.82) is 0 Å². The first-order valence-corrected chi connectivity index (χ1v) is 10.9. The molecule has 154 valence electrons. The standard InChI is InChI=1S/C20H22ClN3O4S/c1-23(2)29(27,28)18-6-4-3-5-14(18)12-22-20(26)15-11-19(25)24(13-15)17-9-7-16(21)8-10-17/h3-10,15H,11-13H2,1-2H3,(H,22,26). The summed E-state index contributed by atoms with van der Waals surface area (Å²) in [5, 5.41) is 3.34. The van der Waals surface area contributed by atoms with Crippen molar-refractivity contribution in [2.24, 2.45) is 5.92 Å². The minimum absolute atomic E-state index is 0.0632. The van der Waals surface area contributed by atoms with E-state index in [1.165, 1.54) is 20.2 Å². The summed E-state index contributed by atoms with van der Waals surface area (Å²) in [6.07, 6.45) is 0.103. The molecule has 2 amide bonds. The van der Waals surface area contributed by atoms with E-state index in [2.05, 4.69) is 5.32 Å². The number of nitrogens with one attached hydrogen (secondary N) is 1. The maximum absolute atomic E-state index is 12.6. The fourth-order valence-electron chi connectivity index (χ4n) is 3.18. The second-order valence-corrected chi connectivity index (χ2v) is 9.55. The molecule has 0 aromatic heterocycles. The van der Waals surface area contributed by atoms with E-state index >= 15 is 0 Å². The largest absolute Gasteiger partial charge is 0.352 e. The van der Waals surface area contributed by atoms with E-state index in [-0.39, 0.29) is 36.2 Å². The van der Waals surface area contributed by atoms with Gasteiger partial charge in [-0.15, -0.1) is 0 Å². The Bertz CT molecular complexity index is 1020. The number of amides is 2. The first kappa shape index (κ1) is 21.3. The van der Waals surface area contributed by atoms with Crippen molar-refractivity contribution in [3.05, 3.63) is 59.1 Å². The van der Waals surface area contributed by atoms with Crippen molar-refractivity contribution < 1.29 is 18.0 Å². The minimum Gasteiger partial charge on any atom is -0.352 e. The van der Waals surface area contributed by atoms with Crippen LogP contribution in [0.4, 0.5) is 5.69 Å². The predicted molar refractivity (Wildman–Crippen MR) is 111 cm³/mol. The second kappa shape index (κ2) is 8.52. The molecule has 2 aromatic rings. The number of anilines is 1. The van der Waals surface area contributed by atoms with Crippen LogP contribution >= 0.6 is 11.6 Å². The molecule has 29 heavy (non-hydrogen) atoms. The molecule has 1 aliphatic rings. The number of sulfonamides is 1. The molecule has 0 saturated carbocycles. The van der Waals surface area contributed by atoms with E-state index in [4.69, 9.17) is 11.6 Å². The minimum atomic E-state index is -3.62. The van der Waals surface area contributed by atoms with Crippen LogP contribution < -0.4 is 10.2 Å². The normalized spacial score (nSPS) is 17.0. The van der Waals surface area contributed by atoms with Crippen LogP contribution in [-0.2, 0) is 26.2 Å². The third kappa shape index (κ3) is 4.60. The van der Waals surface area contributed by atoms with E-state index in [0.717, 1.165) is 4.31 Å². The lowest BCUT2D eigenvalue weighted by Crippen LogP contribution is -2.33. The Morgan fingerprint density at radius 2 is 1.83 bits per heavy atom. The lowest BCUT2D eigenvalue weighted by molar-refractivity contribution is -0.126. The van der Waals surface area contributed by atoms with E-state index in [0.29, 0.717) is 16.3 Å². The van der Waals surface area contributed by atoms with Gasteiger partial charge in [0, 0.05) is 44.3 Å². The van der Waals surface area contributed by atoms with Gasteiger partial charge in [0.25, 0.3) is 0 Å². The van der Waals surface area contributed by atoms with Crippen LogP contribution in [0, 0.1) is 5.92 Å². The summed E-state index contributed by atoms with van der Waals surface area (Å²) < 4.78 is 26.1. The average molecular weight is 436 g/mol. The number of halogens is 1. The van der Waals surface area contributed by atoms with Gasteiger partial charge in [0.05, 0.1) is 10.8 Å². The maximum atomic E-state index is 12.6. The van der Waals surface area contributed by atoms with Crippen molar-refractivity contribution in [3.8, 4) is 0 Å². The van der Waals surface area contributed by atoms with Gasteiger partial charge < -0.3 is 10.2 Å². The highest BCUT2D eigenvalue weighted by Crippen LogP contribution is 2.26. The quantitative estimate of drug-likeness (QED) is 0.754. The Morgan fingerprint density at radius 3 is 2.48 bits per heavy atom. The molecule has 1 heterocycles. The van der Waals surface area contributed by atoms with Gasteiger partial charge in [-0.05, 0) is 35.9 Å². The van der Waals surface area contributed by atoms with Crippen LogP contribution in [-0.4, -0.2) is 45.2 Å². The van der Waals surface area contributed by atoms with Gasteiger partial charge in [0.1, 0.15) is 0 Å². The molecule has 1 N–H and O–H groups in total. The molecule has 1 aliphatic heterocycles. The van der Waals surface area contributed by atoms with Crippen molar-refractivity contribution in [1.82, 2.24) is 9.62 Å². The first-order valence-electron chi connectivity index (χ1n) is 9.04.